The Kier molecular flexibility index (Phi) is 4.15. The number of aliphatic hydroxyl groups excluding tert-OH is 2. The molecule has 4 aliphatic carbocycles. The van der Waals surface area contributed by atoms with E-state index in [2.05, 4.69) is 0 Å². The summed E-state index contributed by atoms with van der Waals surface area (Å²) in [7, 11) is 0. The van der Waals surface area contributed by atoms with Crippen LogP contribution in [0.25, 0.3) is 0 Å². The number of hydrogen-bond acceptors (Lipinski definition) is 5. The van der Waals surface area contributed by atoms with Crippen molar-refractivity contribution in [3.8, 4) is 0 Å². The van der Waals surface area contributed by atoms with Gasteiger partial charge in [-0.3, -0.25) is 9.59 Å². The molecule has 6 heteroatoms. The summed E-state index contributed by atoms with van der Waals surface area (Å²) in [6.07, 6.45) is 4.44. The lowest BCUT2D eigenvalue weighted by molar-refractivity contribution is -0.219. The third-order valence-corrected chi connectivity index (χ3v) is 8.79. The van der Waals surface area contributed by atoms with E-state index < -0.39 is 52.4 Å². The predicted octanol–water partition coefficient (Wildman–Crippen LogP) is 1.90. The number of allylic oxidation sites excluding steroid dienone is 4. The van der Waals surface area contributed by atoms with Crippen molar-refractivity contribution in [2.75, 3.05) is 6.61 Å². The highest BCUT2D eigenvalue weighted by atomic mass is 19.1. The van der Waals surface area contributed by atoms with Gasteiger partial charge in [0.15, 0.2) is 17.2 Å². The van der Waals surface area contributed by atoms with E-state index in [1.54, 1.807) is 26.8 Å². The zero-order chi connectivity index (χ0) is 20.7. The fraction of sp³-hybridized carbons (Fsp3) is 0.727. The van der Waals surface area contributed by atoms with Crippen LogP contribution >= 0.6 is 0 Å². The van der Waals surface area contributed by atoms with Crippen molar-refractivity contribution in [1.82, 2.24) is 0 Å². The van der Waals surface area contributed by atoms with Crippen molar-refractivity contribution in [2.45, 2.75) is 63.8 Å². The maximum absolute atomic E-state index is 16.9. The monoisotopic (exact) mass is 392 g/mol. The second-order valence-corrected chi connectivity index (χ2v) is 9.75. The molecule has 154 valence electrons. The van der Waals surface area contributed by atoms with Gasteiger partial charge in [-0.05, 0) is 56.6 Å². The van der Waals surface area contributed by atoms with E-state index in [4.69, 9.17) is 0 Å². The van der Waals surface area contributed by atoms with Crippen molar-refractivity contribution in [2.24, 2.45) is 28.6 Å². The van der Waals surface area contributed by atoms with Crippen molar-refractivity contribution in [3.63, 3.8) is 0 Å². The molecule has 0 unspecified atom stereocenters. The van der Waals surface area contributed by atoms with Gasteiger partial charge >= 0.3 is 0 Å². The molecule has 3 saturated carbocycles. The number of halogens is 1. The second-order valence-electron chi connectivity index (χ2n) is 9.75. The van der Waals surface area contributed by atoms with Crippen LogP contribution in [0.1, 0.15) is 46.5 Å². The molecule has 0 aromatic carbocycles. The first-order valence-electron chi connectivity index (χ1n) is 10.1. The largest absolute Gasteiger partial charge is 0.390 e. The molecule has 0 aromatic heterocycles. The zero-order valence-corrected chi connectivity index (χ0v) is 16.6. The average molecular weight is 392 g/mol. The molecule has 0 bridgehead atoms. The van der Waals surface area contributed by atoms with Crippen LogP contribution in [-0.4, -0.2) is 50.9 Å². The molecule has 4 aliphatic rings. The molecule has 0 heterocycles. The quantitative estimate of drug-likeness (QED) is 0.667. The van der Waals surface area contributed by atoms with Crippen LogP contribution in [0.4, 0.5) is 4.39 Å². The fourth-order valence-electron chi connectivity index (χ4n) is 7.26. The Hall–Kier alpha value is -1.37. The molecule has 4 rings (SSSR count). The van der Waals surface area contributed by atoms with E-state index in [0.29, 0.717) is 24.8 Å². The van der Waals surface area contributed by atoms with Gasteiger partial charge in [0, 0.05) is 16.7 Å². The van der Waals surface area contributed by atoms with Crippen molar-refractivity contribution < 1.29 is 29.3 Å². The van der Waals surface area contributed by atoms with Gasteiger partial charge in [-0.15, -0.1) is 0 Å². The molecule has 0 amide bonds. The Balaban J connectivity index is 1.84. The summed E-state index contributed by atoms with van der Waals surface area (Å²) >= 11 is 0. The number of alkyl halides is 1. The molecule has 28 heavy (non-hydrogen) atoms. The lowest BCUT2D eigenvalue weighted by Crippen LogP contribution is -2.69. The van der Waals surface area contributed by atoms with Gasteiger partial charge in [0.05, 0.1) is 6.10 Å². The number of carbonyl (C=O) groups is 2. The summed E-state index contributed by atoms with van der Waals surface area (Å²) in [5, 5.41) is 32.0. The highest BCUT2D eigenvalue weighted by Crippen LogP contribution is 2.70. The third-order valence-electron chi connectivity index (χ3n) is 8.79. The molecule has 0 aliphatic heterocycles. The van der Waals surface area contributed by atoms with E-state index in [1.165, 1.54) is 12.2 Å². The first-order chi connectivity index (χ1) is 13.0. The number of ketones is 2. The van der Waals surface area contributed by atoms with Crippen molar-refractivity contribution in [3.05, 3.63) is 23.8 Å². The van der Waals surface area contributed by atoms with Gasteiger partial charge in [0.1, 0.15) is 12.2 Å². The van der Waals surface area contributed by atoms with Crippen LogP contribution in [0, 0.1) is 28.6 Å². The molecule has 3 fully saturated rings. The van der Waals surface area contributed by atoms with E-state index in [1.807, 2.05) is 0 Å². The van der Waals surface area contributed by atoms with Crippen LogP contribution in [-0.2, 0) is 9.59 Å². The number of aliphatic hydroxyl groups is 3. The summed E-state index contributed by atoms with van der Waals surface area (Å²) in [6.45, 7) is 4.48. The topological polar surface area (TPSA) is 94.8 Å². The minimum absolute atomic E-state index is 0.0676. The minimum Gasteiger partial charge on any atom is -0.390 e. The molecule has 5 nitrogen and oxygen atoms in total. The van der Waals surface area contributed by atoms with Crippen molar-refractivity contribution in [1.29, 1.82) is 0 Å². The van der Waals surface area contributed by atoms with E-state index in [9.17, 15) is 24.9 Å². The molecule has 0 saturated heterocycles. The molecule has 0 radical (unpaired) electrons. The molecular formula is C22H29FO5. The Morgan fingerprint density at radius 2 is 2.00 bits per heavy atom. The highest BCUT2D eigenvalue weighted by Gasteiger charge is 2.75. The smallest absolute Gasteiger partial charge is 0.190 e. The number of carbonyl (C=O) groups excluding carboxylic acids is 2. The van der Waals surface area contributed by atoms with Gasteiger partial charge in [0.2, 0.25) is 0 Å². The predicted molar refractivity (Wildman–Crippen MR) is 99.9 cm³/mol. The molecular weight excluding hydrogens is 363 g/mol. The third kappa shape index (κ3) is 2.01. The Morgan fingerprint density at radius 1 is 1.32 bits per heavy atom. The fourth-order valence-corrected chi connectivity index (χ4v) is 7.26. The van der Waals surface area contributed by atoms with Crippen molar-refractivity contribution >= 4 is 11.6 Å². The summed E-state index contributed by atoms with van der Waals surface area (Å²) in [5.41, 5.74) is -5.17. The molecule has 0 spiro atoms. The SMILES string of the molecule is C[C@@H]1C[C@H]2[C@H]3CCC4=CC(=O)C=C[C@@]4(C)[C@@]3(F)[C@@H](O)C[C@@]2(C)[C@@]1(O)C(=O)CO. The average Bonchev–Trinajstić information content (AvgIpc) is 2.84. The van der Waals surface area contributed by atoms with Crippen LogP contribution < -0.4 is 0 Å². The van der Waals surface area contributed by atoms with Crippen LogP contribution in [0.15, 0.2) is 23.8 Å². The molecule has 0 aromatic rings. The van der Waals surface area contributed by atoms with Gasteiger partial charge < -0.3 is 15.3 Å². The molecule has 8 atom stereocenters. The summed E-state index contributed by atoms with van der Waals surface area (Å²) in [4.78, 5) is 24.4. The Morgan fingerprint density at radius 3 is 2.64 bits per heavy atom. The van der Waals surface area contributed by atoms with E-state index in [-0.39, 0.29) is 18.1 Å². The van der Waals surface area contributed by atoms with Crippen LogP contribution in [0.5, 0.6) is 0 Å². The van der Waals surface area contributed by atoms with Gasteiger partial charge in [-0.2, -0.15) is 0 Å². The lowest BCUT2D eigenvalue weighted by Gasteiger charge is -2.62. The summed E-state index contributed by atoms with van der Waals surface area (Å²) in [6, 6.07) is 0. The first-order valence-corrected chi connectivity index (χ1v) is 10.1. The zero-order valence-electron chi connectivity index (χ0n) is 16.6. The summed E-state index contributed by atoms with van der Waals surface area (Å²) in [5.74, 6) is -2.12. The van der Waals surface area contributed by atoms with E-state index in [0.717, 1.165) is 0 Å². The molecule has 3 N–H and O–H groups in total. The van der Waals surface area contributed by atoms with E-state index >= 15 is 4.39 Å². The van der Waals surface area contributed by atoms with Crippen LogP contribution in [0.2, 0.25) is 0 Å². The standard InChI is InChI=1S/C22H29FO5/c1-12-8-16-15-5-4-13-9-14(25)6-7-19(13,2)21(15,23)17(26)10-20(16,3)22(12,28)18(27)11-24/h6-7,9,12,15-17,24,26,28H,4-5,8,10-11H2,1-3H3/t12-,15-,16+,17+,19-,20-,21+,22+/m1/s1. The number of rotatable bonds is 2. The van der Waals surface area contributed by atoms with Gasteiger partial charge in [-0.1, -0.05) is 25.5 Å². The maximum atomic E-state index is 16.9. The lowest BCUT2D eigenvalue weighted by atomic mass is 9.44. The first kappa shape index (κ1) is 19.9. The van der Waals surface area contributed by atoms with Gasteiger partial charge in [0.25, 0.3) is 0 Å². The maximum Gasteiger partial charge on any atom is 0.190 e. The number of Topliss-reactive ketones (excluding diaryl/α,β-unsaturated/α-hetero) is 1. The normalized spacial score (nSPS) is 52.5. The Labute approximate surface area is 164 Å². The highest BCUT2D eigenvalue weighted by molar-refractivity contribution is 6.01. The van der Waals surface area contributed by atoms with Crippen LogP contribution in [0.3, 0.4) is 0 Å². The van der Waals surface area contributed by atoms with Gasteiger partial charge in [-0.25, -0.2) is 4.39 Å². The second kappa shape index (κ2) is 5.83. The summed E-state index contributed by atoms with van der Waals surface area (Å²) < 4.78 is 16.9. The number of hydrogen-bond donors (Lipinski definition) is 3. The minimum atomic E-state index is -1.98. The Bertz CT molecular complexity index is 805. The number of fused-ring (bicyclic) bond motifs is 5.